The first-order valence-electron chi connectivity index (χ1n) is 4.81. The lowest BCUT2D eigenvalue weighted by molar-refractivity contribution is 0.536. The van der Waals surface area contributed by atoms with Crippen LogP contribution < -0.4 is 0 Å². The van der Waals surface area contributed by atoms with Crippen molar-refractivity contribution >= 4 is 5.65 Å². The molecule has 0 radical (unpaired) electrons. The molecule has 0 aliphatic heterocycles. The molecule has 0 atom stereocenters. The summed E-state index contributed by atoms with van der Waals surface area (Å²) in [5.41, 5.74) is 2.14. The maximum Gasteiger partial charge on any atom is 0.160 e. The molecule has 0 amide bonds. The van der Waals surface area contributed by atoms with Crippen LogP contribution in [0.4, 0.5) is 0 Å². The number of rotatable bonds is 0. The Morgan fingerprint density at radius 2 is 1.86 bits per heavy atom. The van der Waals surface area contributed by atoms with Crippen LogP contribution in [0.3, 0.4) is 0 Å². The molecule has 0 aliphatic rings. The molecule has 0 N–H and O–H groups in total. The topological polar surface area (TPSA) is 30.2 Å². The maximum absolute atomic E-state index is 4.24. The fourth-order valence-corrected chi connectivity index (χ4v) is 1.59. The first-order valence-corrected chi connectivity index (χ1v) is 4.81. The van der Waals surface area contributed by atoms with E-state index in [0.29, 0.717) is 0 Å². The summed E-state index contributed by atoms with van der Waals surface area (Å²) in [6, 6.07) is 6.06. The number of aryl methyl sites for hydroxylation is 1. The van der Waals surface area contributed by atoms with Crippen LogP contribution in [-0.2, 0) is 5.41 Å². The highest BCUT2D eigenvalue weighted by atomic mass is 15.3. The molecule has 0 saturated carbocycles. The van der Waals surface area contributed by atoms with Crippen molar-refractivity contribution in [3.8, 4) is 0 Å². The Morgan fingerprint density at radius 3 is 2.50 bits per heavy atom. The number of pyridine rings is 1. The van der Waals surface area contributed by atoms with E-state index in [0.717, 1.165) is 11.5 Å². The molecule has 2 aromatic heterocycles. The summed E-state index contributed by atoms with van der Waals surface area (Å²) in [4.78, 5) is 0. The molecule has 0 spiro atoms. The van der Waals surface area contributed by atoms with E-state index in [-0.39, 0.29) is 5.41 Å². The van der Waals surface area contributed by atoms with Crippen molar-refractivity contribution in [2.75, 3.05) is 0 Å². The standard InChI is InChI=1S/C11H15N3/c1-8-6-5-7-9-12-13-10(14(8)9)11(2,3)4/h5-7H,1-4H3. The number of aromatic nitrogens is 3. The highest BCUT2D eigenvalue weighted by Crippen LogP contribution is 2.21. The number of nitrogens with zero attached hydrogens (tertiary/aromatic N) is 3. The summed E-state index contributed by atoms with van der Waals surface area (Å²) in [7, 11) is 0. The van der Waals surface area contributed by atoms with E-state index in [1.165, 1.54) is 5.69 Å². The molecule has 2 aromatic rings. The molecule has 3 nitrogen and oxygen atoms in total. The van der Waals surface area contributed by atoms with Crippen molar-refractivity contribution in [2.24, 2.45) is 0 Å². The van der Waals surface area contributed by atoms with Gasteiger partial charge in [0.05, 0.1) is 0 Å². The molecular formula is C11H15N3. The fraction of sp³-hybridized carbons (Fsp3) is 0.455. The molecule has 14 heavy (non-hydrogen) atoms. The van der Waals surface area contributed by atoms with Crippen LogP contribution in [0.15, 0.2) is 18.2 Å². The average molecular weight is 189 g/mol. The second-order valence-electron chi connectivity index (χ2n) is 4.63. The second kappa shape index (κ2) is 2.80. The molecule has 0 aliphatic carbocycles. The van der Waals surface area contributed by atoms with Gasteiger partial charge in [-0.05, 0) is 19.1 Å². The monoisotopic (exact) mass is 189 g/mol. The van der Waals surface area contributed by atoms with Crippen LogP contribution in [0.25, 0.3) is 5.65 Å². The zero-order valence-electron chi connectivity index (χ0n) is 9.07. The van der Waals surface area contributed by atoms with Gasteiger partial charge in [-0.3, -0.25) is 4.40 Å². The van der Waals surface area contributed by atoms with Gasteiger partial charge in [0.2, 0.25) is 0 Å². The predicted octanol–water partition coefficient (Wildman–Crippen LogP) is 2.34. The van der Waals surface area contributed by atoms with Gasteiger partial charge < -0.3 is 0 Å². The van der Waals surface area contributed by atoms with E-state index in [9.17, 15) is 0 Å². The molecule has 2 rings (SSSR count). The predicted molar refractivity (Wildman–Crippen MR) is 56.4 cm³/mol. The summed E-state index contributed by atoms with van der Waals surface area (Å²) >= 11 is 0. The quantitative estimate of drug-likeness (QED) is 0.636. The summed E-state index contributed by atoms with van der Waals surface area (Å²) in [6.07, 6.45) is 0. The van der Waals surface area contributed by atoms with E-state index >= 15 is 0 Å². The van der Waals surface area contributed by atoms with E-state index in [4.69, 9.17) is 0 Å². The van der Waals surface area contributed by atoms with Crippen molar-refractivity contribution < 1.29 is 0 Å². The molecule has 2 heterocycles. The zero-order valence-corrected chi connectivity index (χ0v) is 9.07. The Kier molecular flexibility index (Phi) is 1.84. The Labute approximate surface area is 83.8 Å². The van der Waals surface area contributed by atoms with Crippen molar-refractivity contribution in [2.45, 2.75) is 33.1 Å². The van der Waals surface area contributed by atoms with Crippen molar-refractivity contribution in [3.63, 3.8) is 0 Å². The third kappa shape index (κ3) is 1.29. The molecule has 0 aromatic carbocycles. The molecule has 0 saturated heterocycles. The van der Waals surface area contributed by atoms with Crippen LogP contribution in [0.2, 0.25) is 0 Å². The summed E-state index contributed by atoms with van der Waals surface area (Å²) in [5.74, 6) is 1.02. The van der Waals surface area contributed by atoms with Gasteiger partial charge in [-0.25, -0.2) is 0 Å². The minimum Gasteiger partial charge on any atom is -0.283 e. The Balaban J connectivity index is 2.80. The normalized spacial score (nSPS) is 12.3. The molecule has 0 unspecified atom stereocenters. The molecule has 3 heteroatoms. The van der Waals surface area contributed by atoms with Gasteiger partial charge in [-0.2, -0.15) is 0 Å². The molecule has 74 valence electrons. The molecule has 0 bridgehead atoms. The van der Waals surface area contributed by atoms with E-state index < -0.39 is 0 Å². The summed E-state index contributed by atoms with van der Waals surface area (Å²) in [6.45, 7) is 8.52. The number of hydrogen-bond acceptors (Lipinski definition) is 2. The lowest BCUT2D eigenvalue weighted by atomic mass is 9.96. The smallest absolute Gasteiger partial charge is 0.160 e. The SMILES string of the molecule is Cc1cccc2nnc(C(C)(C)C)n12. The van der Waals surface area contributed by atoms with Crippen molar-refractivity contribution in [1.29, 1.82) is 0 Å². The highest BCUT2D eigenvalue weighted by molar-refractivity contribution is 5.40. The minimum atomic E-state index is 0.0333. The number of hydrogen-bond donors (Lipinski definition) is 0. The zero-order chi connectivity index (χ0) is 10.3. The highest BCUT2D eigenvalue weighted by Gasteiger charge is 2.21. The summed E-state index contributed by atoms with van der Waals surface area (Å²) < 4.78 is 2.11. The first-order chi connectivity index (χ1) is 6.50. The Hall–Kier alpha value is -1.38. The first kappa shape index (κ1) is 9.19. The van der Waals surface area contributed by atoms with Gasteiger partial charge in [0, 0.05) is 11.1 Å². The Bertz CT molecular complexity index is 463. The van der Waals surface area contributed by atoms with Gasteiger partial charge in [0.1, 0.15) is 5.82 Å². The van der Waals surface area contributed by atoms with Gasteiger partial charge >= 0.3 is 0 Å². The third-order valence-electron chi connectivity index (χ3n) is 2.29. The minimum absolute atomic E-state index is 0.0333. The van der Waals surface area contributed by atoms with Crippen molar-refractivity contribution in [1.82, 2.24) is 14.6 Å². The van der Waals surface area contributed by atoms with Crippen LogP contribution in [0.5, 0.6) is 0 Å². The summed E-state index contributed by atoms with van der Waals surface area (Å²) in [5, 5.41) is 8.40. The van der Waals surface area contributed by atoms with Crippen LogP contribution in [0, 0.1) is 6.92 Å². The average Bonchev–Trinajstić information content (AvgIpc) is 2.47. The molecular weight excluding hydrogens is 174 g/mol. The van der Waals surface area contributed by atoms with Gasteiger partial charge in [-0.1, -0.05) is 26.8 Å². The largest absolute Gasteiger partial charge is 0.283 e. The maximum atomic E-state index is 4.24. The van der Waals surface area contributed by atoms with Crippen LogP contribution in [0.1, 0.15) is 32.3 Å². The molecule has 0 fully saturated rings. The van der Waals surface area contributed by atoms with Crippen LogP contribution in [-0.4, -0.2) is 14.6 Å². The van der Waals surface area contributed by atoms with Gasteiger partial charge in [-0.15, -0.1) is 10.2 Å². The van der Waals surface area contributed by atoms with Crippen LogP contribution >= 0.6 is 0 Å². The van der Waals surface area contributed by atoms with Gasteiger partial charge in [0.25, 0.3) is 0 Å². The second-order valence-corrected chi connectivity index (χ2v) is 4.63. The van der Waals surface area contributed by atoms with E-state index in [2.05, 4.69) is 48.4 Å². The number of fused-ring (bicyclic) bond motifs is 1. The van der Waals surface area contributed by atoms with E-state index in [1.54, 1.807) is 0 Å². The fourth-order valence-electron chi connectivity index (χ4n) is 1.59. The third-order valence-corrected chi connectivity index (χ3v) is 2.29. The Morgan fingerprint density at radius 1 is 1.14 bits per heavy atom. The van der Waals surface area contributed by atoms with E-state index in [1.807, 2.05) is 12.1 Å². The van der Waals surface area contributed by atoms with Gasteiger partial charge in [0.15, 0.2) is 5.65 Å². The lowest BCUT2D eigenvalue weighted by Crippen LogP contribution is -2.16. The lowest BCUT2D eigenvalue weighted by Gasteiger charge is -2.16. The van der Waals surface area contributed by atoms with Crippen molar-refractivity contribution in [3.05, 3.63) is 29.7 Å².